The summed E-state index contributed by atoms with van der Waals surface area (Å²) in [7, 11) is 0. The molecule has 2 saturated heterocycles. The fourth-order valence-electron chi connectivity index (χ4n) is 3.43. The van der Waals surface area contributed by atoms with E-state index in [0.29, 0.717) is 35.5 Å². The average Bonchev–Trinajstić information content (AvgIpc) is 3.22. The van der Waals surface area contributed by atoms with Crippen LogP contribution in [0, 0.1) is 10.6 Å². The first-order valence-electron chi connectivity index (χ1n) is 8.06. The molecular formula is C16H18FN3O3S. The van der Waals surface area contributed by atoms with E-state index in [-0.39, 0.29) is 23.7 Å². The number of nitrogens with zero attached hydrogens (tertiary/aromatic N) is 1. The lowest BCUT2D eigenvalue weighted by Crippen LogP contribution is -2.49. The van der Waals surface area contributed by atoms with E-state index in [2.05, 4.69) is 9.97 Å². The van der Waals surface area contributed by atoms with Crippen LogP contribution in [0.5, 0.6) is 0 Å². The number of carbonyl (C=O) groups excluding carboxylic acids is 1. The van der Waals surface area contributed by atoms with Gasteiger partial charge in [-0.25, -0.2) is 4.39 Å². The second-order valence-electron chi connectivity index (χ2n) is 6.17. The van der Waals surface area contributed by atoms with E-state index < -0.39 is 5.82 Å². The number of ether oxygens (including phenoxy) is 2. The summed E-state index contributed by atoms with van der Waals surface area (Å²) in [4.78, 5) is 20.4. The van der Waals surface area contributed by atoms with Crippen LogP contribution in [0.3, 0.4) is 0 Å². The van der Waals surface area contributed by atoms with Gasteiger partial charge in [0.25, 0.3) is 5.91 Å². The number of aromatic nitrogens is 2. The highest BCUT2D eigenvalue weighted by atomic mass is 32.1. The van der Waals surface area contributed by atoms with Gasteiger partial charge in [-0.1, -0.05) is 0 Å². The van der Waals surface area contributed by atoms with E-state index in [1.54, 1.807) is 4.90 Å². The first-order valence-corrected chi connectivity index (χ1v) is 8.46. The molecule has 2 fully saturated rings. The number of imidazole rings is 1. The molecule has 0 spiro atoms. The van der Waals surface area contributed by atoms with Gasteiger partial charge >= 0.3 is 0 Å². The zero-order valence-corrected chi connectivity index (χ0v) is 13.8. The van der Waals surface area contributed by atoms with E-state index in [4.69, 9.17) is 21.7 Å². The van der Waals surface area contributed by atoms with Gasteiger partial charge in [0.15, 0.2) is 4.77 Å². The molecule has 0 aliphatic carbocycles. The van der Waals surface area contributed by atoms with Crippen LogP contribution in [0.15, 0.2) is 12.1 Å². The number of halogens is 1. The quantitative estimate of drug-likeness (QED) is 0.815. The Balaban J connectivity index is 1.62. The second-order valence-corrected chi connectivity index (χ2v) is 6.58. The lowest BCUT2D eigenvalue weighted by molar-refractivity contribution is -0.0867. The van der Waals surface area contributed by atoms with Gasteiger partial charge < -0.3 is 24.3 Å². The van der Waals surface area contributed by atoms with Crippen molar-refractivity contribution < 1.29 is 18.7 Å². The lowest BCUT2D eigenvalue weighted by Gasteiger charge is -2.35. The molecule has 0 bridgehead atoms. The molecule has 1 aromatic heterocycles. The standard InChI is InChI=1S/C16H18FN3O3S/c17-9-6-10(14-11(7-9)18-16(24)19-14)15(21)20-3-5-23-13(8-20)12-2-1-4-22-12/h6-7,12-13H,1-5,8H2,(H2,18,19,24)/t12-,13+/m1/s1. The molecule has 6 nitrogen and oxygen atoms in total. The molecule has 0 radical (unpaired) electrons. The summed E-state index contributed by atoms with van der Waals surface area (Å²) >= 11 is 5.06. The molecule has 2 aromatic rings. The minimum Gasteiger partial charge on any atom is -0.375 e. The Morgan fingerprint density at radius 3 is 2.88 bits per heavy atom. The largest absolute Gasteiger partial charge is 0.375 e. The molecule has 0 unspecified atom stereocenters. The molecular weight excluding hydrogens is 333 g/mol. The maximum Gasteiger partial charge on any atom is 0.256 e. The minimum atomic E-state index is -0.472. The third kappa shape index (κ3) is 2.85. The van der Waals surface area contributed by atoms with Gasteiger partial charge in [-0.15, -0.1) is 0 Å². The molecule has 2 N–H and O–H groups in total. The van der Waals surface area contributed by atoms with Crippen LogP contribution >= 0.6 is 12.2 Å². The maximum absolute atomic E-state index is 13.9. The number of H-pyrrole nitrogens is 2. The Hall–Kier alpha value is -1.77. The Bertz CT molecular complexity index is 828. The van der Waals surface area contributed by atoms with E-state index in [1.165, 1.54) is 12.1 Å². The number of benzene rings is 1. The second kappa shape index (κ2) is 6.27. The molecule has 3 heterocycles. The zero-order chi connectivity index (χ0) is 16.7. The van der Waals surface area contributed by atoms with Crippen LogP contribution in [-0.4, -0.2) is 59.3 Å². The smallest absolute Gasteiger partial charge is 0.256 e. The first kappa shape index (κ1) is 15.7. The van der Waals surface area contributed by atoms with Crippen molar-refractivity contribution in [2.24, 2.45) is 0 Å². The summed E-state index contributed by atoms with van der Waals surface area (Å²) in [5.74, 6) is -0.698. The molecule has 1 amide bonds. The van der Waals surface area contributed by atoms with E-state index in [0.717, 1.165) is 19.4 Å². The number of amides is 1. The summed E-state index contributed by atoms with van der Waals surface area (Å²) < 4.78 is 25.7. The Morgan fingerprint density at radius 1 is 1.25 bits per heavy atom. The molecule has 2 aliphatic heterocycles. The zero-order valence-electron chi connectivity index (χ0n) is 13.0. The Kier molecular flexibility index (Phi) is 4.11. The molecule has 24 heavy (non-hydrogen) atoms. The van der Waals surface area contributed by atoms with Crippen molar-refractivity contribution in [1.29, 1.82) is 0 Å². The third-order valence-electron chi connectivity index (χ3n) is 4.58. The summed E-state index contributed by atoms with van der Waals surface area (Å²) in [6.07, 6.45) is 1.87. The van der Waals surface area contributed by atoms with Gasteiger partial charge in [-0.3, -0.25) is 4.79 Å². The number of hydrogen-bond acceptors (Lipinski definition) is 4. The van der Waals surface area contributed by atoms with Crippen molar-refractivity contribution >= 4 is 29.2 Å². The monoisotopic (exact) mass is 351 g/mol. The van der Waals surface area contributed by atoms with E-state index >= 15 is 0 Å². The van der Waals surface area contributed by atoms with Gasteiger partial charge in [-0.2, -0.15) is 0 Å². The maximum atomic E-state index is 13.9. The van der Waals surface area contributed by atoms with Crippen LogP contribution in [0.25, 0.3) is 11.0 Å². The molecule has 2 aliphatic rings. The highest BCUT2D eigenvalue weighted by Crippen LogP contribution is 2.24. The van der Waals surface area contributed by atoms with Crippen molar-refractivity contribution in [3.8, 4) is 0 Å². The summed E-state index contributed by atoms with van der Waals surface area (Å²) in [6.45, 7) is 2.12. The van der Waals surface area contributed by atoms with Gasteiger partial charge in [0.1, 0.15) is 11.9 Å². The first-order chi connectivity index (χ1) is 11.6. The van der Waals surface area contributed by atoms with Crippen LogP contribution in [0.2, 0.25) is 0 Å². The number of aromatic amines is 2. The SMILES string of the molecule is O=C(c1cc(F)cc2[nH]c(=S)[nH]c12)N1CCO[C@H]([C@H]2CCCO2)C1. The molecule has 0 saturated carbocycles. The normalized spacial score (nSPS) is 24.6. The van der Waals surface area contributed by atoms with Crippen molar-refractivity contribution in [3.05, 3.63) is 28.3 Å². The fourth-order valence-corrected chi connectivity index (χ4v) is 3.64. The predicted molar refractivity (Wildman–Crippen MR) is 88.1 cm³/mol. The van der Waals surface area contributed by atoms with Gasteiger partial charge in [0.05, 0.1) is 29.3 Å². The summed E-state index contributed by atoms with van der Waals surface area (Å²) in [5, 5.41) is 0. The number of rotatable bonds is 2. The van der Waals surface area contributed by atoms with Gasteiger partial charge in [-0.05, 0) is 37.2 Å². The van der Waals surface area contributed by atoms with Crippen LogP contribution in [0.1, 0.15) is 23.2 Å². The topological polar surface area (TPSA) is 70.4 Å². The van der Waals surface area contributed by atoms with Crippen molar-refractivity contribution in [2.45, 2.75) is 25.0 Å². The fraction of sp³-hybridized carbons (Fsp3) is 0.500. The number of fused-ring (bicyclic) bond motifs is 1. The third-order valence-corrected chi connectivity index (χ3v) is 4.78. The number of morpholine rings is 1. The van der Waals surface area contributed by atoms with Crippen LogP contribution < -0.4 is 0 Å². The molecule has 8 heteroatoms. The highest BCUT2D eigenvalue weighted by Gasteiger charge is 2.33. The van der Waals surface area contributed by atoms with Crippen LogP contribution in [0.4, 0.5) is 4.39 Å². The van der Waals surface area contributed by atoms with E-state index in [9.17, 15) is 9.18 Å². The molecule has 2 atom stereocenters. The predicted octanol–water partition coefficient (Wildman–Crippen LogP) is 2.38. The van der Waals surface area contributed by atoms with Crippen molar-refractivity contribution in [3.63, 3.8) is 0 Å². The summed E-state index contributed by atoms with van der Waals surface area (Å²) in [5.41, 5.74) is 1.31. The number of hydrogen-bond donors (Lipinski definition) is 2. The Labute approximate surface area is 142 Å². The van der Waals surface area contributed by atoms with Crippen LogP contribution in [-0.2, 0) is 9.47 Å². The highest BCUT2D eigenvalue weighted by molar-refractivity contribution is 7.71. The molecule has 1 aromatic carbocycles. The van der Waals surface area contributed by atoms with Crippen molar-refractivity contribution in [2.75, 3.05) is 26.3 Å². The summed E-state index contributed by atoms with van der Waals surface area (Å²) in [6, 6.07) is 2.58. The minimum absolute atomic E-state index is 0.0335. The Morgan fingerprint density at radius 2 is 2.08 bits per heavy atom. The average molecular weight is 351 g/mol. The van der Waals surface area contributed by atoms with Gasteiger partial charge in [0, 0.05) is 19.7 Å². The lowest BCUT2D eigenvalue weighted by atomic mass is 10.1. The molecule has 128 valence electrons. The van der Waals surface area contributed by atoms with Gasteiger partial charge in [0.2, 0.25) is 0 Å². The molecule has 4 rings (SSSR count). The van der Waals surface area contributed by atoms with Crippen molar-refractivity contribution in [1.82, 2.24) is 14.9 Å². The number of carbonyl (C=O) groups is 1. The number of nitrogens with one attached hydrogen (secondary N) is 2. The van der Waals surface area contributed by atoms with E-state index in [1.807, 2.05) is 0 Å².